The molecule has 0 aliphatic carbocycles. The first-order valence-corrected chi connectivity index (χ1v) is 17.7. The van der Waals surface area contributed by atoms with Gasteiger partial charge in [0.1, 0.15) is 16.8 Å². The molecule has 6 aromatic carbocycles. The maximum atomic E-state index is 6.70. The Kier molecular flexibility index (Phi) is 7.79. The third-order valence-corrected chi connectivity index (χ3v) is 10.0. The summed E-state index contributed by atoms with van der Waals surface area (Å²) in [7, 11) is 0. The molecule has 0 fully saturated rings. The molecule has 252 valence electrons. The van der Waals surface area contributed by atoms with Crippen LogP contribution in [0, 0.1) is 0 Å². The molecule has 0 aliphatic rings. The minimum Gasteiger partial charge on any atom is -0.452 e. The summed E-state index contributed by atoms with van der Waals surface area (Å²) in [5, 5.41) is 6.51. The molecular weight excluding hydrogens is 647 g/mol. The highest BCUT2D eigenvalue weighted by Gasteiger charge is 2.22. The summed E-state index contributed by atoms with van der Waals surface area (Å²) in [6.07, 6.45) is 11.7. The van der Waals surface area contributed by atoms with Crippen LogP contribution in [0.4, 0.5) is 0 Å². The zero-order valence-electron chi connectivity index (χ0n) is 29.4. The van der Waals surface area contributed by atoms with Crippen LogP contribution >= 0.6 is 0 Å². The Morgan fingerprint density at radius 3 is 2.02 bits per heavy atom. The van der Waals surface area contributed by atoms with Gasteiger partial charge in [-0.2, -0.15) is 0 Å². The highest BCUT2D eigenvalue weighted by molar-refractivity contribution is 6.11. The van der Waals surface area contributed by atoms with E-state index in [0.717, 1.165) is 93.8 Å². The number of nitrogens with zero attached hydrogens (tertiary/aromatic N) is 3. The highest BCUT2D eigenvalue weighted by Crippen LogP contribution is 2.41. The van der Waals surface area contributed by atoms with Gasteiger partial charge >= 0.3 is 0 Å². The minimum atomic E-state index is 0.658. The summed E-state index contributed by atoms with van der Waals surface area (Å²) < 4.78 is 8.90. The van der Waals surface area contributed by atoms with Crippen molar-refractivity contribution >= 4 is 72.4 Å². The average Bonchev–Trinajstić information content (AvgIpc) is 3.74. The topological polar surface area (TPSA) is 43.9 Å². The lowest BCUT2D eigenvalue weighted by Gasteiger charge is -2.11. The van der Waals surface area contributed by atoms with E-state index in [9.17, 15) is 0 Å². The first kappa shape index (κ1) is 31.9. The second kappa shape index (κ2) is 12.9. The molecule has 0 saturated heterocycles. The molecule has 0 saturated carbocycles. The fraction of sp³-hybridized carbons (Fsp3) is 0.0204. The van der Waals surface area contributed by atoms with Gasteiger partial charge < -0.3 is 8.98 Å². The van der Waals surface area contributed by atoms with Gasteiger partial charge in [-0.05, 0) is 82.1 Å². The quantitative estimate of drug-likeness (QED) is 0.150. The number of hydrogen-bond donors (Lipinski definition) is 0. The van der Waals surface area contributed by atoms with Crippen LogP contribution in [0.2, 0.25) is 0 Å². The lowest BCUT2D eigenvalue weighted by atomic mass is 9.99. The van der Waals surface area contributed by atoms with Crippen molar-refractivity contribution in [2.75, 3.05) is 0 Å². The van der Waals surface area contributed by atoms with Crippen molar-refractivity contribution in [2.24, 2.45) is 0 Å². The summed E-state index contributed by atoms with van der Waals surface area (Å²) in [5.74, 6) is 0.658. The van der Waals surface area contributed by atoms with Crippen molar-refractivity contribution in [3.8, 4) is 33.8 Å². The molecule has 0 aliphatic heterocycles. The van der Waals surface area contributed by atoms with Crippen LogP contribution in [0.15, 0.2) is 170 Å². The molecule has 0 atom stereocenters. The molecule has 3 aromatic heterocycles. The smallest absolute Gasteiger partial charge is 0.180 e. The summed E-state index contributed by atoms with van der Waals surface area (Å²) in [6, 6.07) is 42.3. The van der Waals surface area contributed by atoms with E-state index in [4.69, 9.17) is 14.4 Å². The average molecular weight is 682 g/mol. The number of aromatic nitrogens is 3. The van der Waals surface area contributed by atoms with Gasteiger partial charge in [-0.1, -0.05) is 135 Å². The minimum absolute atomic E-state index is 0.658. The van der Waals surface area contributed by atoms with Crippen LogP contribution in [-0.4, -0.2) is 14.5 Å². The monoisotopic (exact) mass is 681 g/mol. The second-order valence-electron chi connectivity index (χ2n) is 13.0. The molecule has 0 unspecified atom stereocenters. The number of benzene rings is 6. The Labute approximate surface area is 307 Å². The van der Waals surface area contributed by atoms with Crippen LogP contribution in [-0.2, 0) is 0 Å². The van der Waals surface area contributed by atoms with E-state index >= 15 is 0 Å². The standard InChI is InChI=1S/C49H35N3O/c1-5-15-35(16-6-2)52-43(8-4)36(7-3)41-29-33(25-27-44(41)52)34-26-28-45-42(30-34)47-48(53-45)46(39-23-13-19-31-17-9-11-21-37(31)39)50-49(51-47)40-24-14-20-32-18-10-12-22-38(32)40/h5-30H,1,3-4H2,2H3/b16-6-,35-15+. The number of rotatable bonds is 8. The van der Waals surface area contributed by atoms with Crippen molar-refractivity contribution in [2.45, 2.75) is 6.92 Å². The second-order valence-corrected chi connectivity index (χ2v) is 13.0. The van der Waals surface area contributed by atoms with E-state index in [2.05, 4.69) is 146 Å². The van der Waals surface area contributed by atoms with Crippen molar-refractivity contribution in [1.82, 2.24) is 14.5 Å². The molecule has 0 radical (unpaired) electrons. The molecule has 0 bridgehead atoms. The van der Waals surface area contributed by atoms with Gasteiger partial charge in [0.2, 0.25) is 0 Å². The van der Waals surface area contributed by atoms with Crippen molar-refractivity contribution in [1.29, 1.82) is 0 Å². The van der Waals surface area contributed by atoms with Gasteiger partial charge in [0.25, 0.3) is 0 Å². The number of hydrogen-bond acceptors (Lipinski definition) is 3. The molecule has 3 heterocycles. The number of allylic oxidation sites excluding steroid dienone is 5. The molecule has 4 nitrogen and oxygen atoms in total. The predicted molar refractivity (Wildman–Crippen MR) is 226 cm³/mol. The summed E-state index contributed by atoms with van der Waals surface area (Å²) >= 11 is 0. The molecule has 0 N–H and O–H groups in total. The number of furan rings is 1. The van der Waals surface area contributed by atoms with E-state index in [1.54, 1.807) is 6.08 Å². The van der Waals surface area contributed by atoms with Crippen molar-refractivity contribution in [3.05, 3.63) is 177 Å². The zero-order valence-corrected chi connectivity index (χ0v) is 29.4. The summed E-state index contributed by atoms with van der Waals surface area (Å²) in [5.41, 5.74) is 11.1. The van der Waals surface area contributed by atoms with E-state index in [1.165, 1.54) is 0 Å². The first-order valence-electron chi connectivity index (χ1n) is 17.7. The number of fused-ring (bicyclic) bond motifs is 6. The third-order valence-electron chi connectivity index (χ3n) is 10.0. The molecule has 0 amide bonds. The summed E-state index contributed by atoms with van der Waals surface area (Å²) in [6.45, 7) is 14.3. The largest absolute Gasteiger partial charge is 0.452 e. The SMILES string of the molecule is C=C/C=C(\C=C/C)n1c(C=C)c(C=C)c2cc(-c3ccc4oc5c(-c6cccc7ccccc67)nc(-c6cccc7ccccc67)nc5c4c3)ccc21. The molecule has 53 heavy (non-hydrogen) atoms. The Hall–Kier alpha value is -7.04. The van der Waals surface area contributed by atoms with E-state index in [1.807, 2.05) is 37.3 Å². The van der Waals surface area contributed by atoms with Gasteiger partial charge in [-0.25, -0.2) is 9.97 Å². The van der Waals surface area contributed by atoms with Crippen molar-refractivity contribution < 1.29 is 4.42 Å². The Morgan fingerprint density at radius 1 is 0.660 bits per heavy atom. The normalized spacial score (nSPS) is 12.1. The van der Waals surface area contributed by atoms with E-state index in [-0.39, 0.29) is 0 Å². The van der Waals surface area contributed by atoms with Crippen LogP contribution < -0.4 is 0 Å². The van der Waals surface area contributed by atoms with Gasteiger partial charge in [0.05, 0.1) is 11.2 Å². The summed E-state index contributed by atoms with van der Waals surface area (Å²) in [4.78, 5) is 10.6. The molecule has 4 heteroatoms. The Bertz CT molecular complexity index is 3010. The fourth-order valence-corrected chi connectivity index (χ4v) is 7.68. The molecule has 9 rings (SSSR count). The van der Waals surface area contributed by atoms with Gasteiger partial charge in [-0.15, -0.1) is 0 Å². The van der Waals surface area contributed by atoms with E-state index in [0.29, 0.717) is 11.4 Å². The highest BCUT2D eigenvalue weighted by atomic mass is 16.3. The van der Waals surface area contributed by atoms with Crippen LogP contribution in [0.3, 0.4) is 0 Å². The van der Waals surface area contributed by atoms with Gasteiger partial charge in [-0.3, -0.25) is 0 Å². The predicted octanol–water partition coefficient (Wildman–Crippen LogP) is 13.5. The van der Waals surface area contributed by atoms with Crippen molar-refractivity contribution in [3.63, 3.8) is 0 Å². The molecular formula is C49H35N3O. The fourth-order valence-electron chi connectivity index (χ4n) is 7.68. The van der Waals surface area contributed by atoms with Crippen LogP contribution in [0.5, 0.6) is 0 Å². The maximum Gasteiger partial charge on any atom is 0.180 e. The molecule has 0 spiro atoms. The first-order chi connectivity index (χ1) is 26.1. The third kappa shape index (κ3) is 5.15. The molecule has 9 aromatic rings. The van der Waals surface area contributed by atoms with E-state index < -0.39 is 0 Å². The lowest BCUT2D eigenvalue weighted by molar-refractivity contribution is 0.667. The van der Waals surface area contributed by atoms with Crippen LogP contribution in [0.25, 0.3) is 106 Å². The lowest BCUT2D eigenvalue weighted by Crippen LogP contribution is -1.97. The van der Waals surface area contributed by atoms with Gasteiger partial charge in [0.15, 0.2) is 11.4 Å². The Morgan fingerprint density at radius 2 is 1.32 bits per heavy atom. The zero-order chi connectivity index (χ0) is 36.1. The van der Waals surface area contributed by atoms with Gasteiger partial charge in [0, 0.05) is 33.2 Å². The maximum absolute atomic E-state index is 6.70. The Balaban J connectivity index is 1.30. The van der Waals surface area contributed by atoms with Crippen LogP contribution in [0.1, 0.15) is 18.2 Å².